The summed E-state index contributed by atoms with van der Waals surface area (Å²) in [5, 5.41) is 15.6. The Hall–Kier alpha value is -2.87. The summed E-state index contributed by atoms with van der Waals surface area (Å²) in [6.07, 6.45) is 1.30. The first-order valence-corrected chi connectivity index (χ1v) is 11.2. The number of benzene rings is 1. The number of carboxylic acids is 1. The summed E-state index contributed by atoms with van der Waals surface area (Å²) >= 11 is 0. The van der Waals surface area contributed by atoms with Gasteiger partial charge in [0.2, 0.25) is 5.60 Å². The van der Waals surface area contributed by atoms with Gasteiger partial charge >= 0.3 is 5.97 Å². The van der Waals surface area contributed by atoms with E-state index in [1.54, 1.807) is 13.1 Å². The molecule has 1 N–H and O–H groups in total. The number of ether oxygens (including phenoxy) is 1. The first-order chi connectivity index (χ1) is 15.7. The van der Waals surface area contributed by atoms with Crippen LogP contribution >= 0.6 is 0 Å². The van der Waals surface area contributed by atoms with Gasteiger partial charge < -0.3 is 14.7 Å². The van der Waals surface area contributed by atoms with Gasteiger partial charge in [0, 0.05) is 42.9 Å². The number of pyridine rings is 1. The Labute approximate surface area is 193 Å². The zero-order valence-corrected chi connectivity index (χ0v) is 19.5. The molecule has 1 aliphatic heterocycles. The molecule has 0 fully saturated rings. The van der Waals surface area contributed by atoms with Gasteiger partial charge in [-0.05, 0) is 25.3 Å². The molecule has 8 heteroatoms. The highest BCUT2D eigenvalue weighted by molar-refractivity contribution is 6.12. The molecule has 1 unspecified atom stereocenters. The van der Waals surface area contributed by atoms with Crippen LogP contribution in [0, 0.1) is 11.8 Å². The van der Waals surface area contributed by atoms with Gasteiger partial charge in [-0.25, -0.2) is 4.39 Å². The first kappa shape index (κ1) is 24.8. The summed E-state index contributed by atoms with van der Waals surface area (Å²) in [6, 6.07) is 9.66. The number of alkyl halides is 1. The van der Waals surface area contributed by atoms with Crippen LogP contribution in [0.3, 0.4) is 0 Å². The molecular weight excluding hydrogens is 427 g/mol. The van der Waals surface area contributed by atoms with E-state index in [9.17, 15) is 19.1 Å². The highest BCUT2D eigenvalue weighted by Crippen LogP contribution is 2.39. The van der Waals surface area contributed by atoms with Crippen molar-refractivity contribution in [3.63, 3.8) is 0 Å². The summed E-state index contributed by atoms with van der Waals surface area (Å²) in [5.41, 5.74) is -1.47. The SMILES string of the molecule is CCOC(C)(CF)[C@H](CC(=O)O)CC(=O)[C@]1(C(C)C)CC(c2nccc3ccccc23)=NO1. The number of ketones is 1. The standard InChI is InChI=1S/C25H31FN2O5/c1-5-32-24(4,15-26)18(13-22(30)31)12-21(29)25(16(2)3)14-20(28-33-25)23-19-9-7-6-8-17(19)10-11-27-23/h6-11,16,18H,5,12-15H2,1-4H3,(H,30,31)/t18-,24?,25+/m0/s1. The quantitative estimate of drug-likeness (QED) is 0.530. The topological polar surface area (TPSA) is 98.1 Å². The van der Waals surface area contributed by atoms with E-state index in [0.717, 1.165) is 10.8 Å². The van der Waals surface area contributed by atoms with Crippen LogP contribution < -0.4 is 0 Å². The summed E-state index contributed by atoms with van der Waals surface area (Å²) in [5.74, 6) is -2.54. The second kappa shape index (κ2) is 9.95. The minimum absolute atomic E-state index is 0.198. The number of oxime groups is 1. The molecule has 1 aromatic heterocycles. The van der Waals surface area contributed by atoms with Crippen LogP contribution in [-0.4, -0.2) is 52.0 Å². The molecule has 0 amide bonds. The van der Waals surface area contributed by atoms with Crippen molar-refractivity contribution in [2.75, 3.05) is 13.3 Å². The Kier molecular flexibility index (Phi) is 7.47. The van der Waals surface area contributed by atoms with Gasteiger partial charge in [-0.3, -0.25) is 14.6 Å². The van der Waals surface area contributed by atoms with Gasteiger partial charge in [0.05, 0.1) is 17.7 Å². The smallest absolute Gasteiger partial charge is 0.303 e. The molecule has 2 heterocycles. The van der Waals surface area contributed by atoms with Crippen LogP contribution in [0.25, 0.3) is 10.8 Å². The predicted octanol–water partition coefficient (Wildman–Crippen LogP) is 4.57. The largest absolute Gasteiger partial charge is 0.481 e. The van der Waals surface area contributed by atoms with E-state index >= 15 is 0 Å². The lowest BCUT2D eigenvalue weighted by Gasteiger charge is -2.37. The average molecular weight is 459 g/mol. The molecule has 0 saturated carbocycles. The zero-order valence-electron chi connectivity index (χ0n) is 19.5. The molecule has 7 nitrogen and oxygen atoms in total. The molecule has 33 heavy (non-hydrogen) atoms. The van der Waals surface area contributed by atoms with Crippen molar-refractivity contribution in [3.8, 4) is 0 Å². The Morgan fingerprint density at radius 3 is 2.64 bits per heavy atom. The monoisotopic (exact) mass is 458 g/mol. The van der Waals surface area contributed by atoms with Crippen molar-refractivity contribution in [1.82, 2.24) is 4.98 Å². The maximum Gasteiger partial charge on any atom is 0.303 e. The van der Waals surface area contributed by atoms with Crippen LogP contribution in [-0.2, 0) is 19.2 Å². The van der Waals surface area contributed by atoms with Crippen molar-refractivity contribution in [1.29, 1.82) is 0 Å². The van der Waals surface area contributed by atoms with Crippen molar-refractivity contribution in [3.05, 3.63) is 42.2 Å². The second-order valence-corrected chi connectivity index (χ2v) is 9.03. The predicted molar refractivity (Wildman–Crippen MR) is 123 cm³/mol. The van der Waals surface area contributed by atoms with Crippen molar-refractivity contribution in [2.24, 2.45) is 17.0 Å². The summed E-state index contributed by atoms with van der Waals surface area (Å²) in [4.78, 5) is 35.4. The van der Waals surface area contributed by atoms with E-state index in [1.807, 2.05) is 44.2 Å². The number of Topliss-reactive ketones (excluding diaryl/α,β-unsaturated/α-hetero) is 1. The minimum Gasteiger partial charge on any atom is -0.481 e. The third kappa shape index (κ3) is 4.90. The molecule has 178 valence electrons. The number of aliphatic carboxylic acids is 1. The number of carbonyl (C=O) groups is 2. The minimum atomic E-state index is -1.39. The van der Waals surface area contributed by atoms with Gasteiger partial charge in [0.25, 0.3) is 0 Å². The molecule has 0 spiro atoms. The van der Waals surface area contributed by atoms with Gasteiger partial charge in [-0.15, -0.1) is 0 Å². The lowest BCUT2D eigenvalue weighted by atomic mass is 9.75. The van der Waals surface area contributed by atoms with Crippen molar-refractivity contribution >= 4 is 28.2 Å². The summed E-state index contributed by atoms with van der Waals surface area (Å²) in [7, 11) is 0. The molecule has 0 saturated heterocycles. The Balaban J connectivity index is 1.90. The fraction of sp³-hybridized carbons (Fsp3) is 0.520. The number of fused-ring (bicyclic) bond motifs is 1. The summed E-state index contributed by atoms with van der Waals surface area (Å²) in [6.45, 7) is 6.24. The van der Waals surface area contributed by atoms with Gasteiger partial charge in [-0.2, -0.15) is 0 Å². The van der Waals surface area contributed by atoms with E-state index in [4.69, 9.17) is 9.57 Å². The van der Waals surface area contributed by atoms with Crippen molar-refractivity contribution < 1.29 is 28.7 Å². The van der Waals surface area contributed by atoms with Gasteiger partial charge in [-0.1, -0.05) is 43.3 Å². The number of nitrogens with zero attached hydrogens (tertiary/aromatic N) is 2. The summed E-state index contributed by atoms with van der Waals surface area (Å²) < 4.78 is 19.5. The van der Waals surface area contributed by atoms with Crippen LogP contribution in [0.1, 0.15) is 52.7 Å². The number of carboxylic acid groups (broad SMARTS) is 1. The van der Waals surface area contributed by atoms with Crippen LogP contribution in [0.2, 0.25) is 0 Å². The highest BCUT2D eigenvalue weighted by Gasteiger charge is 2.51. The lowest BCUT2D eigenvalue weighted by molar-refractivity contribution is -0.156. The number of hydrogen-bond donors (Lipinski definition) is 1. The third-order valence-electron chi connectivity index (χ3n) is 6.56. The van der Waals surface area contributed by atoms with Crippen LogP contribution in [0.4, 0.5) is 4.39 Å². The molecule has 3 rings (SSSR count). The Bertz CT molecular complexity index is 1050. The highest BCUT2D eigenvalue weighted by atomic mass is 19.1. The average Bonchev–Trinajstić information content (AvgIpc) is 3.25. The van der Waals surface area contributed by atoms with E-state index in [0.29, 0.717) is 11.4 Å². The van der Waals surface area contributed by atoms with E-state index in [1.165, 1.54) is 6.92 Å². The van der Waals surface area contributed by atoms with Gasteiger partial charge in [0.15, 0.2) is 5.78 Å². The van der Waals surface area contributed by atoms with E-state index in [-0.39, 0.29) is 37.6 Å². The third-order valence-corrected chi connectivity index (χ3v) is 6.56. The molecule has 0 radical (unpaired) electrons. The van der Waals surface area contributed by atoms with Crippen LogP contribution in [0.15, 0.2) is 41.7 Å². The molecule has 0 aliphatic carbocycles. The maximum atomic E-state index is 14.0. The van der Waals surface area contributed by atoms with Gasteiger partial charge in [0.1, 0.15) is 12.4 Å². The molecule has 2 aromatic rings. The van der Waals surface area contributed by atoms with Crippen LogP contribution in [0.5, 0.6) is 0 Å². The molecule has 3 atom stereocenters. The first-order valence-electron chi connectivity index (χ1n) is 11.2. The van der Waals surface area contributed by atoms with Crippen molar-refractivity contribution in [2.45, 2.75) is 58.2 Å². The number of carbonyl (C=O) groups excluding carboxylic acids is 1. The number of halogens is 1. The number of hydrogen-bond acceptors (Lipinski definition) is 6. The fourth-order valence-corrected chi connectivity index (χ4v) is 4.41. The zero-order chi connectivity index (χ0) is 24.2. The molecule has 1 aliphatic rings. The second-order valence-electron chi connectivity index (χ2n) is 9.03. The Morgan fingerprint density at radius 1 is 1.27 bits per heavy atom. The fourth-order valence-electron chi connectivity index (χ4n) is 4.41. The normalized spacial score (nSPS) is 20.8. The number of aromatic nitrogens is 1. The Morgan fingerprint density at radius 2 is 2.00 bits per heavy atom. The van der Waals surface area contributed by atoms with E-state index < -0.39 is 29.8 Å². The maximum absolute atomic E-state index is 14.0. The molecule has 0 bridgehead atoms. The lowest BCUT2D eigenvalue weighted by Crippen LogP contribution is -2.49. The van der Waals surface area contributed by atoms with E-state index in [2.05, 4.69) is 10.1 Å². The molecule has 1 aromatic carbocycles. The molecular formula is C25H31FN2O5. The number of rotatable bonds is 11.